The predicted octanol–water partition coefficient (Wildman–Crippen LogP) is 3.39. The van der Waals surface area contributed by atoms with Gasteiger partial charge in [0.1, 0.15) is 5.76 Å². The number of nitrogens with zero attached hydrogens (tertiary/aromatic N) is 1. The maximum absolute atomic E-state index is 12.6. The lowest BCUT2D eigenvalue weighted by molar-refractivity contribution is 0.0705. The molecular weight excluding hydrogens is 362 g/mol. The summed E-state index contributed by atoms with van der Waals surface area (Å²) >= 11 is 5.84. The second-order valence-electron chi connectivity index (χ2n) is 6.22. The highest BCUT2D eigenvalue weighted by Crippen LogP contribution is 2.18. The molecule has 0 radical (unpaired) electrons. The zero-order chi connectivity index (χ0) is 17.7. The van der Waals surface area contributed by atoms with Crippen LogP contribution in [-0.2, 0) is 21.1 Å². The number of halogens is 1. The van der Waals surface area contributed by atoms with E-state index in [0.29, 0.717) is 29.6 Å². The molecule has 0 amide bonds. The Hall–Kier alpha value is -1.34. The van der Waals surface area contributed by atoms with Gasteiger partial charge < -0.3 is 9.15 Å². The van der Waals surface area contributed by atoms with E-state index in [2.05, 4.69) is 4.90 Å². The number of hydrogen-bond donors (Lipinski definition) is 0. The van der Waals surface area contributed by atoms with Crippen molar-refractivity contribution in [3.8, 4) is 0 Å². The quantitative estimate of drug-likeness (QED) is 0.699. The Morgan fingerprint density at radius 1 is 1.20 bits per heavy atom. The van der Waals surface area contributed by atoms with E-state index >= 15 is 0 Å². The summed E-state index contributed by atoms with van der Waals surface area (Å²) in [4.78, 5) is 2.38. The molecule has 1 aromatic carbocycles. The lowest BCUT2D eigenvalue weighted by Crippen LogP contribution is -2.35. The molecular formula is C18H22ClNO4S. The molecule has 2 aromatic rings. The first-order valence-electron chi connectivity index (χ1n) is 8.37. The van der Waals surface area contributed by atoms with Crippen LogP contribution >= 0.6 is 11.6 Å². The van der Waals surface area contributed by atoms with Crippen LogP contribution in [0.25, 0.3) is 0 Å². The molecule has 1 fully saturated rings. The summed E-state index contributed by atoms with van der Waals surface area (Å²) in [5.41, 5.74) is 0. The fraction of sp³-hybridized carbons (Fsp3) is 0.444. The maximum Gasteiger partial charge on any atom is 0.179 e. The van der Waals surface area contributed by atoms with Crippen molar-refractivity contribution in [1.29, 1.82) is 0 Å². The van der Waals surface area contributed by atoms with Gasteiger partial charge in [-0.2, -0.15) is 0 Å². The first-order valence-corrected chi connectivity index (χ1v) is 10.4. The third kappa shape index (κ3) is 5.31. The van der Waals surface area contributed by atoms with E-state index in [-0.39, 0.29) is 11.9 Å². The third-order valence-electron chi connectivity index (χ3n) is 4.29. The number of benzene rings is 1. The summed E-state index contributed by atoms with van der Waals surface area (Å²) in [5.74, 6) is 0.865. The van der Waals surface area contributed by atoms with Gasteiger partial charge in [0.25, 0.3) is 0 Å². The second-order valence-corrected chi connectivity index (χ2v) is 8.77. The first-order chi connectivity index (χ1) is 12.0. The monoisotopic (exact) mass is 383 g/mol. The molecule has 2 heterocycles. The topological polar surface area (TPSA) is 59.8 Å². The Bertz CT molecular complexity index is 753. The minimum Gasteiger partial charge on any atom is -0.468 e. The Labute approximate surface area is 153 Å². The van der Waals surface area contributed by atoms with Crippen LogP contribution in [-0.4, -0.2) is 44.9 Å². The van der Waals surface area contributed by atoms with Crippen LogP contribution in [0.4, 0.5) is 0 Å². The molecule has 0 bridgehead atoms. The average Bonchev–Trinajstić information content (AvgIpc) is 3.27. The first kappa shape index (κ1) is 18.5. The van der Waals surface area contributed by atoms with E-state index in [4.69, 9.17) is 20.8 Å². The summed E-state index contributed by atoms with van der Waals surface area (Å²) in [6, 6.07) is 10.0. The molecule has 25 heavy (non-hydrogen) atoms. The van der Waals surface area contributed by atoms with Crippen LogP contribution in [0.1, 0.15) is 18.6 Å². The van der Waals surface area contributed by atoms with Crippen LogP contribution in [0.2, 0.25) is 5.02 Å². The zero-order valence-electron chi connectivity index (χ0n) is 13.9. The molecule has 1 aromatic heterocycles. The molecule has 0 N–H and O–H groups in total. The molecule has 1 atom stereocenters. The molecule has 1 aliphatic heterocycles. The number of furan rings is 1. The van der Waals surface area contributed by atoms with Gasteiger partial charge in [-0.1, -0.05) is 11.6 Å². The van der Waals surface area contributed by atoms with Crippen molar-refractivity contribution in [3.63, 3.8) is 0 Å². The van der Waals surface area contributed by atoms with Crippen molar-refractivity contribution in [2.24, 2.45) is 0 Å². The fourth-order valence-corrected chi connectivity index (χ4v) is 4.35. The van der Waals surface area contributed by atoms with Crippen molar-refractivity contribution >= 4 is 21.4 Å². The predicted molar refractivity (Wildman–Crippen MR) is 96.5 cm³/mol. The van der Waals surface area contributed by atoms with E-state index in [1.807, 2.05) is 12.1 Å². The number of sulfone groups is 1. The summed E-state index contributed by atoms with van der Waals surface area (Å²) in [6.07, 6.45) is 3.86. The molecule has 0 saturated carbocycles. The summed E-state index contributed by atoms with van der Waals surface area (Å²) < 4.78 is 36.2. The van der Waals surface area contributed by atoms with E-state index in [1.54, 1.807) is 30.5 Å². The Kier molecular flexibility index (Phi) is 6.17. The Morgan fingerprint density at radius 2 is 2.00 bits per heavy atom. The van der Waals surface area contributed by atoms with E-state index in [1.165, 1.54) is 0 Å². The molecule has 3 rings (SSSR count). The van der Waals surface area contributed by atoms with Gasteiger partial charge in [-0.15, -0.1) is 0 Å². The summed E-state index contributed by atoms with van der Waals surface area (Å²) in [7, 11) is -3.36. The average molecular weight is 384 g/mol. The fourth-order valence-electron chi connectivity index (χ4n) is 2.94. The van der Waals surface area contributed by atoms with Crippen LogP contribution in [0.15, 0.2) is 52.0 Å². The largest absolute Gasteiger partial charge is 0.468 e. The van der Waals surface area contributed by atoms with E-state index in [9.17, 15) is 8.42 Å². The van der Waals surface area contributed by atoms with Gasteiger partial charge in [-0.3, -0.25) is 4.90 Å². The zero-order valence-corrected chi connectivity index (χ0v) is 15.5. The second kappa shape index (κ2) is 8.36. The normalized spacial score (nSPS) is 18.1. The van der Waals surface area contributed by atoms with Crippen molar-refractivity contribution in [2.45, 2.75) is 30.4 Å². The minimum absolute atomic E-state index is 0.0437. The third-order valence-corrected chi connectivity index (χ3v) is 6.26. The summed E-state index contributed by atoms with van der Waals surface area (Å²) in [6.45, 7) is 2.48. The van der Waals surface area contributed by atoms with Crippen molar-refractivity contribution < 1.29 is 17.6 Å². The van der Waals surface area contributed by atoms with Crippen LogP contribution in [0.3, 0.4) is 0 Å². The highest BCUT2D eigenvalue weighted by molar-refractivity contribution is 7.91. The SMILES string of the molecule is O=S(=O)(CCN(Cc1ccco1)CC1CCCO1)c1ccc(Cl)cc1. The number of rotatable bonds is 8. The highest BCUT2D eigenvalue weighted by Gasteiger charge is 2.22. The summed E-state index contributed by atoms with van der Waals surface area (Å²) in [5, 5.41) is 0.525. The number of hydrogen-bond acceptors (Lipinski definition) is 5. The van der Waals surface area contributed by atoms with E-state index < -0.39 is 9.84 Å². The van der Waals surface area contributed by atoms with Gasteiger partial charge in [0.2, 0.25) is 0 Å². The Morgan fingerprint density at radius 3 is 2.64 bits per heavy atom. The number of ether oxygens (including phenoxy) is 1. The van der Waals surface area contributed by atoms with Crippen molar-refractivity contribution in [2.75, 3.05) is 25.4 Å². The van der Waals surface area contributed by atoms with Gasteiger partial charge in [-0.25, -0.2) is 8.42 Å². The van der Waals surface area contributed by atoms with Gasteiger partial charge in [-0.05, 0) is 49.2 Å². The molecule has 1 unspecified atom stereocenters. The van der Waals surface area contributed by atoms with Crippen LogP contribution in [0.5, 0.6) is 0 Å². The maximum atomic E-state index is 12.6. The molecule has 0 spiro atoms. The van der Waals surface area contributed by atoms with Gasteiger partial charge in [0, 0.05) is 24.7 Å². The highest BCUT2D eigenvalue weighted by atomic mass is 35.5. The molecule has 7 heteroatoms. The lowest BCUT2D eigenvalue weighted by atomic mass is 10.2. The van der Waals surface area contributed by atoms with Crippen LogP contribution < -0.4 is 0 Å². The van der Waals surface area contributed by atoms with E-state index in [0.717, 1.165) is 25.2 Å². The molecule has 136 valence electrons. The standard InChI is InChI=1S/C18H22ClNO4S/c19-15-5-7-18(8-6-15)25(21,22)12-9-20(13-16-3-1-10-23-16)14-17-4-2-11-24-17/h1,3,5-8,10,17H,2,4,9,11-14H2. The smallest absolute Gasteiger partial charge is 0.179 e. The Balaban J connectivity index is 1.65. The molecule has 1 aliphatic rings. The van der Waals surface area contributed by atoms with Crippen LogP contribution in [0, 0.1) is 0 Å². The molecule has 5 nitrogen and oxygen atoms in total. The lowest BCUT2D eigenvalue weighted by Gasteiger charge is -2.24. The van der Waals surface area contributed by atoms with Gasteiger partial charge in [0.15, 0.2) is 9.84 Å². The van der Waals surface area contributed by atoms with Gasteiger partial charge in [0.05, 0.1) is 29.6 Å². The van der Waals surface area contributed by atoms with Gasteiger partial charge >= 0.3 is 0 Å². The minimum atomic E-state index is -3.36. The molecule has 0 aliphatic carbocycles. The van der Waals surface area contributed by atoms with Crippen molar-refractivity contribution in [3.05, 3.63) is 53.4 Å². The molecule has 1 saturated heterocycles. The van der Waals surface area contributed by atoms with Crippen molar-refractivity contribution in [1.82, 2.24) is 4.90 Å².